The molecule has 1 aliphatic heterocycles. The fourth-order valence-electron chi connectivity index (χ4n) is 2.16. The van der Waals surface area contributed by atoms with E-state index in [1.54, 1.807) is 0 Å². The van der Waals surface area contributed by atoms with Crippen LogP contribution in [0.15, 0.2) is 22.7 Å². The summed E-state index contributed by atoms with van der Waals surface area (Å²) in [5, 5.41) is 10.1. The second-order valence-electron chi connectivity index (χ2n) is 4.76. The Balaban J connectivity index is 2.22. The zero-order valence-corrected chi connectivity index (χ0v) is 11.7. The Morgan fingerprint density at radius 1 is 1.32 bits per heavy atom. The molecule has 1 heterocycles. The van der Waals surface area contributed by atoms with E-state index in [0.29, 0.717) is 4.47 Å². The summed E-state index contributed by atoms with van der Waals surface area (Å²) in [7, 11) is 0. The molecule has 1 saturated heterocycles. The van der Waals surface area contributed by atoms with E-state index in [0.717, 1.165) is 6.07 Å². The highest BCUT2D eigenvalue weighted by molar-refractivity contribution is 9.10. The third kappa shape index (κ3) is 3.12. The quantitative estimate of drug-likeness (QED) is 0.916. The molecule has 0 amide bonds. The highest BCUT2D eigenvalue weighted by atomic mass is 79.9. The van der Waals surface area contributed by atoms with Gasteiger partial charge in [0.1, 0.15) is 11.4 Å². The maximum atomic E-state index is 14.2. The lowest BCUT2D eigenvalue weighted by Gasteiger charge is -2.38. The van der Waals surface area contributed by atoms with E-state index >= 15 is 0 Å². The van der Waals surface area contributed by atoms with Gasteiger partial charge in [0.25, 0.3) is 5.92 Å². The fourth-order valence-corrected chi connectivity index (χ4v) is 2.57. The molecular weight excluding hydrogens is 325 g/mol. The first-order valence-electron chi connectivity index (χ1n) is 5.96. The van der Waals surface area contributed by atoms with Crippen molar-refractivity contribution in [1.82, 2.24) is 0 Å². The smallest absolute Gasteiger partial charge is 0.280 e. The van der Waals surface area contributed by atoms with E-state index in [2.05, 4.69) is 15.9 Å². The number of alkyl halides is 2. The Morgan fingerprint density at radius 3 is 2.58 bits per heavy atom. The van der Waals surface area contributed by atoms with Crippen molar-refractivity contribution in [3.8, 4) is 0 Å². The molecule has 6 heteroatoms. The Labute approximate surface area is 117 Å². The van der Waals surface area contributed by atoms with E-state index < -0.39 is 23.8 Å². The van der Waals surface area contributed by atoms with Crippen LogP contribution in [0.4, 0.5) is 13.2 Å². The minimum absolute atomic E-state index is 0.0903. The topological polar surface area (TPSA) is 29.5 Å². The van der Waals surface area contributed by atoms with Crippen LogP contribution in [0.2, 0.25) is 0 Å². The van der Waals surface area contributed by atoms with Gasteiger partial charge < -0.3 is 9.84 Å². The van der Waals surface area contributed by atoms with Gasteiger partial charge in [-0.1, -0.05) is 15.9 Å². The molecule has 0 saturated carbocycles. The molecule has 1 fully saturated rings. The standard InChI is InChI=1S/C13H14BrF3O2/c14-10-1-2-11(15)9(7-10)8-13(16,17)12(18)3-5-19-6-4-12/h1-2,7,18H,3-6,8H2. The Hall–Kier alpha value is -0.590. The van der Waals surface area contributed by atoms with Gasteiger partial charge in [-0.3, -0.25) is 0 Å². The minimum atomic E-state index is -3.39. The van der Waals surface area contributed by atoms with Crippen molar-refractivity contribution < 1.29 is 23.0 Å². The van der Waals surface area contributed by atoms with Crippen LogP contribution in [-0.2, 0) is 11.2 Å². The largest absolute Gasteiger partial charge is 0.383 e. The van der Waals surface area contributed by atoms with Crippen molar-refractivity contribution in [2.45, 2.75) is 30.8 Å². The van der Waals surface area contributed by atoms with Gasteiger partial charge in [-0.15, -0.1) is 0 Å². The number of halogens is 4. The first-order chi connectivity index (χ1) is 8.84. The molecule has 0 spiro atoms. The van der Waals surface area contributed by atoms with Gasteiger partial charge in [0.2, 0.25) is 0 Å². The highest BCUT2D eigenvalue weighted by Gasteiger charge is 2.53. The Kier molecular flexibility index (Phi) is 4.23. The number of rotatable bonds is 3. The van der Waals surface area contributed by atoms with Crippen molar-refractivity contribution in [2.24, 2.45) is 0 Å². The third-order valence-corrected chi connectivity index (χ3v) is 3.91. The summed E-state index contributed by atoms with van der Waals surface area (Å²) in [6.45, 7) is 0.181. The lowest BCUT2D eigenvalue weighted by atomic mass is 9.84. The van der Waals surface area contributed by atoms with Gasteiger partial charge >= 0.3 is 0 Å². The monoisotopic (exact) mass is 338 g/mol. The van der Waals surface area contributed by atoms with Crippen LogP contribution >= 0.6 is 15.9 Å². The van der Waals surface area contributed by atoms with Crippen LogP contribution in [0.1, 0.15) is 18.4 Å². The minimum Gasteiger partial charge on any atom is -0.383 e. The molecule has 2 rings (SSSR count). The highest BCUT2D eigenvalue weighted by Crippen LogP contribution is 2.39. The summed E-state index contributed by atoms with van der Waals surface area (Å²) in [6.07, 6.45) is -1.11. The van der Waals surface area contributed by atoms with E-state index in [-0.39, 0.29) is 31.6 Å². The summed E-state index contributed by atoms with van der Waals surface area (Å²) < 4.78 is 47.4. The Morgan fingerprint density at radius 2 is 1.95 bits per heavy atom. The average Bonchev–Trinajstić information content (AvgIpc) is 2.34. The number of benzene rings is 1. The predicted octanol–water partition coefficient (Wildman–Crippen LogP) is 3.31. The number of aliphatic hydroxyl groups is 1. The third-order valence-electron chi connectivity index (χ3n) is 3.42. The van der Waals surface area contributed by atoms with Gasteiger partial charge in [-0.2, -0.15) is 0 Å². The van der Waals surface area contributed by atoms with Crippen LogP contribution in [0.3, 0.4) is 0 Å². The van der Waals surface area contributed by atoms with E-state index in [1.165, 1.54) is 12.1 Å². The molecule has 1 aliphatic rings. The molecule has 0 unspecified atom stereocenters. The number of hydrogen-bond acceptors (Lipinski definition) is 2. The van der Waals surface area contributed by atoms with Crippen molar-refractivity contribution >= 4 is 15.9 Å². The van der Waals surface area contributed by atoms with E-state index in [9.17, 15) is 18.3 Å². The second-order valence-corrected chi connectivity index (χ2v) is 5.68. The molecule has 1 aromatic rings. The van der Waals surface area contributed by atoms with Crippen LogP contribution in [0.5, 0.6) is 0 Å². The normalized spacial score (nSPS) is 19.4. The summed E-state index contributed by atoms with van der Waals surface area (Å²) in [6, 6.07) is 3.88. The summed E-state index contributed by atoms with van der Waals surface area (Å²) in [4.78, 5) is 0. The fraction of sp³-hybridized carbons (Fsp3) is 0.538. The summed E-state index contributed by atoms with van der Waals surface area (Å²) in [5.41, 5.74) is -2.24. The molecule has 0 aliphatic carbocycles. The zero-order chi connectivity index (χ0) is 14.1. The maximum Gasteiger partial charge on any atom is 0.280 e. The first-order valence-corrected chi connectivity index (χ1v) is 6.75. The first kappa shape index (κ1) is 14.8. The van der Waals surface area contributed by atoms with Crippen LogP contribution in [0.25, 0.3) is 0 Å². The average molecular weight is 339 g/mol. The molecule has 0 atom stereocenters. The molecule has 2 nitrogen and oxygen atoms in total. The van der Waals surface area contributed by atoms with Crippen LogP contribution < -0.4 is 0 Å². The van der Waals surface area contributed by atoms with Gasteiger partial charge in [-0.05, 0) is 23.8 Å². The molecule has 0 aromatic heterocycles. The van der Waals surface area contributed by atoms with Gasteiger partial charge in [0.05, 0.1) is 0 Å². The van der Waals surface area contributed by atoms with E-state index in [1.807, 2.05) is 0 Å². The van der Waals surface area contributed by atoms with E-state index in [4.69, 9.17) is 4.74 Å². The zero-order valence-electron chi connectivity index (χ0n) is 10.1. The summed E-state index contributed by atoms with van der Waals surface area (Å²) in [5.74, 6) is -4.09. The molecule has 1 aromatic carbocycles. The van der Waals surface area contributed by atoms with Crippen molar-refractivity contribution in [2.75, 3.05) is 13.2 Å². The number of hydrogen-bond donors (Lipinski definition) is 1. The van der Waals surface area contributed by atoms with Gasteiger partial charge in [0, 0.05) is 36.9 Å². The predicted molar refractivity (Wildman–Crippen MR) is 67.8 cm³/mol. The Bertz CT molecular complexity index is 459. The molecule has 0 radical (unpaired) electrons. The van der Waals surface area contributed by atoms with Crippen LogP contribution in [0, 0.1) is 5.82 Å². The van der Waals surface area contributed by atoms with Crippen molar-refractivity contribution in [3.63, 3.8) is 0 Å². The SMILES string of the molecule is OC1(C(F)(F)Cc2cc(Br)ccc2F)CCOCC1. The second kappa shape index (κ2) is 5.42. The molecule has 19 heavy (non-hydrogen) atoms. The van der Waals surface area contributed by atoms with Crippen molar-refractivity contribution in [3.05, 3.63) is 34.1 Å². The lowest BCUT2D eigenvalue weighted by molar-refractivity contribution is -0.212. The van der Waals surface area contributed by atoms with Crippen LogP contribution in [-0.4, -0.2) is 29.8 Å². The summed E-state index contributed by atoms with van der Waals surface area (Å²) >= 11 is 3.12. The molecule has 106 valence electrons. The lowest BCUT2D eigenvalue weighted by Crippen LogP contribution is -2.53. The van der Waals surface area contributed by atoms with Gasteiger partial charge in [0.15, 0.2) is 0 Å². The maximum absolute atomic E-state index is 14.2. The molecule has 1 N–H and O–H groups in total. The van der Waals surface area contributed by atoms with Crippen molar-refractivity contribution in [1.29, 1.82) is 0 Å². The van der Waals surface area contributed by atoms with Gasteiger partial charge in [-0.25, -0.2) is 13.2 Å². The molecule has 0 bridgehead atoms. The number of ether oxygens (including phenoxy) is 1. The molecular formula is C13H14BrF3O2.